The van der Waals surface area contributed by atoms with E-state index in [1.54, 1.807) is 6.08 Å². The highest BCUT2D eigenvalue weighted by molar-refractivity contribution is 5.87. The van der Waals surface area contributed by atoms with Gasteiger partial charge in [-0.15, -0.1) is 0 Å². The average molecular weight is 456 g/mol. The van der Waals surface area contributed by atoms with Crippen LogP contribution in [0.4, 0.5) is 0 Å². The molecule has 0 aromatic rings. The van der Waals surface area contributed by atoms with Crippen molar-refractivity contribution in [1.82, 2.24) is 5.32 Å². The molecule has 0 saturated carbocycles. The van der Waals surface area contributed by atoms with E-state index in [-0.39, 0.29) is 5.91 Å². The molecule has 0 aromatic heterocycles. The predicted octanol–water partition coefficient (Wildman–Crippen LogP) is 7.91. The zero-order valence-electron chi connectivity index (χ0n) is 21.5. The molecule has 0 aliphatic heterocycles. The van der Waals surface area contributed by atoms with Crippen LogP contribution in [0.3, 0.4) is 0 Å². The van der Waals surface area contributed by atoms with E-state index in [1.807, 2.05) is 30.4 Å². The Kier molecular flexibility index (Phi) is 21.6. The summed E-state index contributed by atoms with van der Waals surface area (Å²) in [6.07, 6.45) is 36.0. The smallest absolute Gasteiger partial charge is 0.244 e. The number of carbonyl (C=O) groups excluding carboxylic acids is 1. The number of unbranched alkanes of at least 4 members (excludes halogenated alkanes) is 6. The third-order valence-corrected chi connectivity index (χ3v) is 5.39. The molecule has 33 heavy (non-hydrogen) atoms. The van der Waals surface area contributed by atoms with Crippen LogP contribution in [-0.4, -0.2) is 23.2 Å². The van der Waals surface area contributed by atoms with Crippen LogP contribution >= 0.6 is 0 Å². The lowest BCUT2D eigenvalue weighted by molar-refractivity contribution is -0.118. The number of allylic oxidation sites excluding steroid dienone is 11. The van der Waals surface area contributed by atoms with Crippen molar-refractivity contribution in [1.29, 1.82) is 0 Å². The molecule has 1 atom stereocenters. The van der Waals surface area contributed by atoms with Crippen LogP contribution < -0.4 is 5.32 Å². The molecule has 0 rings (SSSR count). The lowest BCUT2D eigenvalue weighted by Crippen LogP contribution is -2.42. The molecule has 3 heteroatoms. The second-order valence-corrected chi connectivity index (χ2v) is 8.61. The molecule has 0 heterocycles. The molecule has 3 nitrogen and oxygen atoms in total. The number of amides is 1. The number of carbonyl (C=O) groups is 1. The second-order valence-electron chi connectivity index (χ2n) is 8.61. The minimum Gasteiger partial charge on any atom is -0.388 e. The summed E-state index contributed by atoms with van der Waals surface area (Å²) in [5.74, 6) is -0.155. The Morgan fingerprint density at radius 1 is 0.697 bits per heavy atom. The highest BCUT2D eigenvalue weighted by Crippen LogP contribution is 2.22. The maximum Gasteiger partial charge on any atom is 0.244 e. The number of aliphatic hydroxyl groups is 1. The van der Waals surface area contributed by atoms with E-state index in [0.717, 1.165) is 64.2 Å². The summed E-state index contributed by atoms with van der Waals surface area (Å²) in [5, 5.41) is 13.9. The van der Waals surface area contributed by atoms with E-state index >= 15 is 0 Å². The molecule has 1 unspecified atom stereocenters. The van der Waals surface area contributed by atoms with Gasteiger partial charge >= 0.3 is 0 Å². The van der Waals surface area contributed by atoms with Crippen molar-refractivity contribution in [3.05, 3.63) is 72.9 Å². The van der Waals surface area contributed by atoms with Crippen LogP contribution in [-0.2, 0) is 4.79 Å². The van der Waals surface area contributed by atoms with Gasteiger partial charge in [-0.2, -0.15) is 0 Å². The van der Waals surface area contributed by atoms with Crippen LogP contribution in [0.2, 0.25) is 0 Å². The fourth-order valence-corrected chi connectivity index (χ4v) is 3.35. The lowest BCUT2D eigenvalue weighted by atomic mass is 9.90. The maximum absolute atomic E-state index is 12.1. The molecule has 0 aliphatic carbocycles. The summed E-state index contributed by atoms with van der Waals surface area (Å²) >= 11 is 0. The summed E-state index contributed by atoms with van der Waals surface area (Å²) in [5.41, 5.74) is -0.790. The van der Waals surface area contributed by atoms with Gasteiger partial charge in [0.05, 0.1) is 5.60 Å². The highest BCUT2D eigenvalue weighted by Gasteiger charge is 2.26. The third-order valence-electron chi connectivity index (χ3n) is 5.39. The van der Waals surface area contributed by atoms with E-state index in [2.05, 4.69) is 56.5 Å². The number of rotatable bonds is 20. The summed E-state index contributed by atoms with van der Waals surface area (Å²) in [4.78, 5) is 12.1. The monoisotopic (exact) mass is 455 g/mol. The van der Waals surface area contributed by atoms with Gasteiger partial charge in [0.25, 0.3) is 0 Å². The Morgan fingerprint density at radius 3 is 1.79 bits per heavy atom. The minimum atomic E-state index is -0.790. The van der Waals surface area contributed by atoms with Crippen LogP contribution in [0.15, 0.2) is 72.9 Å². The highest BCUT2D eigenvalue weighted by atomic mass is 16.3. The first kappa shape index (κ1) is 30.9. The molecule has 0 spiro atoms. The Hall–Kier alpha value is -2.13. The summed E-state index contributed by atoms with van der Waals surface area (Å²) in [6.45, 7) is 6.80. The van der Waals surface area contributed by atoms with Gasteiger partial charge in [0.1, 0.15) is 0 Å². The molecule has 0 aliphatic rings. The predicted molar refractivity (Wildman–Crippen MR) is 145 cm³/mol. The molecule has 186 valence electrons. The van der Waals surface area contributed by atoms with Crippen LogP contribution in [0.1, 0.15) is 97.8 Å². The van der Waals surface area contributed by atoms with Gasteiger partial charge < -0.3 is 10.4 Å². The molecule has 0 saturated heterocycles. The molecular formula is C30H49NO2. The summed E-state index contributed by atoms with van der Waals surface area (Å²) in [7, 11) is 0. The first-order valence-corrected chi connectivity index (χ1v) is 13.1. The topological polar surface area (TPSA) is 49.3 Å². The fraction of sp³-hybridized carbons (Fsp3) is 0.567. The molecule has 0 bridgehead atoms. The van der Waals surface area contributed by atoms with E-state index in [4.69, 9.17) is 0 Å². The van der Waals surface area contributed by atoms with Gasteiger partial charge in [0.2, 0.25) is 5.91 Å². The van der Waals surface area contributed by atoms with Crippen molar-refractivity contribution in [2.45, 2.75) is 103 Å². The molecule has 0 fully saturated rings. The molecule has 1 amide bonds. The summed E-state index contributed by atoms with van der Waals surface area (Å²) < 4.78 is 0. The Labute approximate surface area is 204 Å². The number of hydrogen-bond acceptors (Lipinski definition) is 2. The normalized spacial score (nSPS) is 14.7. The first-order valence-electron chi connectivity index (χ1n) is 13.1. The van der Waals surface area contributed by atoms with Gasteiger partial charge in [-0.3, -0.25) is 4.79 Å². The summed E-state index contributed by atoms with van der Waals surface area (Å²) in [6, 6.07) is 0. The SMILES string of the molecule is CCC=CC=CC=CCCC=CC=CC=CC(=O)NCC(O)(CCCCC)CCCCCC. The fourth-order valence-electron chi connectivity index (χ4n) is 3.35. The largest absolute Gasteiger partial charge is 0.388 e. The Balaban J connectivity index is 4.23. The quantitative estimate of drug-likeness (QED) is 0.111. The Bertz CT molecular complexity index is 640. The maximum atomic E-state index is 12.1. The number of nitrogens with one attached hydrogen (secondary N) is 1. The van der Waals surface area contributed by atoms with Crippen molar-refractivity contribution >= 4 is 5.91 Å². The van der Waals surface area contributed by atoms with Crippen molar-refractivity contribution < 1.29 is 9.90 Å². The van der Waals surface area contributed by atoms with Gasteiger partial charge in [0.15, 0.2) is 0 Å². The van der Waals surface area contributed by atoms with Crippen molar-refractivity contribution in [3.8, 4) is 0 Å². The molecule has 0 aromatic carbocycles. The lowest BCUT2D eigenvalue weighted by Gasteiger charge is -2.28. The van der Waals surface area contributed by atoms with E-state index < -0.39 is 5.60 Å². The minimum absolute atomic E-state index is 0.155. The van der Waals surface area contributed by atoms with Crippen molar-refractivity contribution in [2.24, 2.45) is 0 Å². The molecule has 2 N–H and O–H groups in total. The van der Waals surface area contributed by atoms with E-state index in [9.17, 15) is 9.90 Å². The average Bonchev–Trinajstić information content (AvgIpc) is 2.81. The van der Waals surface area contributed by atoms with Gasteiger partial charge in [0, 0.05) is 12.6 Å². The Morgan fingerprint density at radius 2 is 1.21 bits per heavy atom. The van der Waals surface area contributed by atoms with Crippen molar-refractivity contribution in [3.63, 3.8) is 0 Å². The van der Waals surface area contributed by atoms with Gasteiger partial charge in [-0.05, 0) is 32.1 Å². The molecular weight excluding hydrogens is 406 g/mol. The third kappa shape index (κ3) is 21.5. The van der Waals surface area contributed by atoms with Crippen LogP contribution in [0.25, 0.3) is 0 Å². The van der Waals surface area contributed by atoms with E-state index in [1.165, 1.54) is 18.9 Å². The zero-order valence-corrected chi connectivity index (χ0v) is 21.5. The zero-order chi connectivity index (χ0) is 24.5. The van der Waals surface area contributed by atoms with Gasteiger partial charge in [-0.1, -0.05) is 133 Å². The van der Waals surface area contributed by atoms with E-state index in [0.29, 0.717) is 6.54 Å². The first-order chi connectivity index (χ1) is 16.1. The molecule has 0 radical (unpaired) electrons. The van der Waals surface area contributed by atoms with Crippen LogP contribution in [0, 0.1) is 0 Å². The standard InChI is InChI=1S/C30H49NO2/c1-4-7-10-12-13-14-15-16-17-18-19-20-21-22-25-29(32)31-28-30(33,26-23-9-6-3)27-24-11-8-5-2/h7,10,12-15,18-22,25,33H,4-6,8-9,11,16-17,23-24,26-28H2,1-3H3,(H,31,32). The van der Waals surface area contributed by atoms with Gasteiger partial charge in [-0.25, -0.2) is 0 Å². The second kappa shape index (κ2) is 23.0. The van der Waals surface area contributed by atoms with Crippen molar-refractivity contribution in [2.75, 3.05) is 6.54 Å². The number of hydrogen-bond donors (Lipinski definition) is 2. The van der Waals surface area contributed by atoms with Crippen LogP contribution in [0.5, 0.6) is 0 Å².